The summed E-state index contributed by atoms with van der Waals surface area (Å²) in [6, 6.07) is 6.80. The Morgan fingerprint density at radius 3 is 2.14 bits per heavy atom. The summed E-state index contributed by atoms with van der Waals surface area (Å²) in [4.78, 5) is 24.4. The van der Waals surface area contributed by atoms with Gasteiger partial charge in [-0.3, -0.25) is 9.59 Å². The number of carbonyl (C=O) groups is 2. The summed E-state index contributed by atoms with van der Waals surface area (Å²) in [5, 5.41) is 5.00. The summed E-state index contributed by atoms with van der Waals surface area (Å²) in [7, 11) is 0. The molecule has 2 amide bonds. The van der Waals surface area contributed by atoms with Crippen molar-refractivity contribution in [2.24, 2.45) is 0 Å². The number of rotatable bonds is 8. The molecule has 2 aromatic carbocycles. The summed E-state index contributed by atoms with van der Waals surface area (Å²) in [5.41, 5.74) is 0.790. The van der Waals surface area contributed by atoms with E-state index in [1.54, 1.807) is 0 Å². The number of amides is 2. The zero-order valence-corrected chi connectivity index (χ0v) is 15.4. The molecular weight excluding hydrogens is 381 g/mol. The van der Waals surface area contributed by atoms with Crippen LogP contribution in [0, 0.1) is 17.5 Å². The van der Waals surface area contributed by atoms with E-state index in [4.69, 9.17) is 0 Å². The Labute approximate surface area is 166 Å². The number of allylic oxidation sites excluding steroid dienone is 2. The topological polar surface area (TPSA) is 58.2 Å². The van der Waals surface area contributed by atoms with Crippen LogP contribution in [0.5, 0.6) is 0 Å². The smallest absolute Gasteiger partial charge is 0.251 e. The van der Waals surface area contributed by atoms with Crippen LogP contribution in [0.4, 0.5) is 13.2 Å². The van der Waals surface area contributed by atoms with E-state index in [1.807, 2.05) is 0 Å². The fraction of sp³-hybridized carbons (Fsp3) is 0.0909. The van der Waals surface area contributed by atoms with E-state index in [2.05, 4.69) is 23.8 Å². The van der Waals surface area contributed by atoms with Crippen LogP contribution in [0.25, 0.3) is 0 Å². The second kappa shape index (κ2) is 10.1. The van der Waals surface area contributed by atoms with Gasteiger partial charge >= 0.3 is 0 Å². The molecule has 2 aromatic rings. The van der Waals surface area contributed by atoms with Gasteiger partial charge in [0.05, 0.1) is 12.6 Å². The predicted octanol–water partition coefficient (Wildman–Crippen LogP) is 3.99. The standard InChI is InChI=1S/C22H19F3N2O2/c1-3-5-14(4-2)21(16-10-18(24)12-19(25)11-16)27-20(28)13-26-22(29)15-6-8-17(23)9-7-15/h3-12,21H,1-2,13H2,(H,26,29)(H,27,28)/b14-5+. The molecule has 7 heteroatoms. The lowest BCUT2D eigenvalue weighted by molar-refractivity contribution is -0.120. The van der Waals surface area contributed by atoms with Gasteiger partial charge in [0, 0.05) is 11.6 Å². The number of hydrogen-bond donors (Lipinski definition) is 2. The molecule has 4 nitrogen and oxygen atoms in total. The van der Waals surface area contributed by atoms with Crippen LogP contribution in [0.3, 0.4) is 0 Å². The molecule has 0 bridgehead atoms. The molecule has 0 aliphatic carbocycles. The molecule has 1 atom stereocenters. The zero-order valence-electron chi connectivity index (χ0n) is 15.4. The first-order valence-electron chi connectivity index (χ1n) is 8.58. The molecule has 0 aromatic heterocycles. The van der Waals surface area contributed by atoms with E-state index in [1.165, 1.54) is 30.4 Å². The number of carbonyl (C=O) groups excluding carboxylic acids is 2. The average Bonchev–Trinajstić information content (AvgIpc) is 2.68. The second-order valence-electron chi connectivity index (χ2n) is 6.00. The summed E-state index contributed by atoms with van der Waals surface area (Å²) in [6.45, 7) is 6.81. The largest absolute Gasteiger partial charge is 0.344 e. The summed E-state index contributed by atoms with van der Waals surface area (Å²) < 4.78 is 40.2. The monoisotopic (exact) mass is 400 g/mol. The van der Waals surface area contributed by atoms with E-state index in [9.17, 15) is 22.8 Å². The molecule has 0 aliphatic heterocycles. The van der Waals surface area contributed by atoms with E-state index < -0.39 is 41.9 Å². The summed E-state index contributed by atoms with van der Waals surface area (Å²) in [6.07, 6.45) is 4.41. The van der Waals surface area contributed by atoms with Gasteiger partial charge in [-0.1, -0.05) is 31.4 Å². The van der Waals surface area contributed by atoms with Crippen LogP contribution in [0.15, 0.2) is 79.4 Å². The SMILES string of the molecule is C=C/C=C(\C=C)C(NC(=O)CNC(=O)c1ccc(F)cc1)c1cc(F)cc(F)c1. The molecule has 0 aliphatic rings. The lowest BCUT2D eigenvalue weighted by Crippen LogP contribution is -2.39. The average molecular weight is 400 g/mol. The Morgan fingerprint density at radius 2 is 1.59 bits per heavy atom. The van der Waals surface area contributed by atoms with E-state index in [0.717, 1.165) is 30.3 Å². The van der Waals surface area contributed by atoms with Crippen molar-refractivity contribution >= 4 is 11.8 Å². The number of hydrogen-bond acceptors (Lipinski definition) is 2. The minimum absolute atomic E-state index is 0.161. The molecule has 2 N–H and O–H groups in total. The van der Waals surface area contributed by atoms with Crippen molar-refractivity contribution in [1.29, 1.82) is 0 Å². The molecule has 2 rings (SSSR count). The van der Waals surface area contributed by atoms with E-state index in [-0.39, 0.29) is 11.1 Å². The summed E-state index contributed by atoms with van der Waals surface area (Å²) in [5.74, 6) is -3.27. The highest BCUT2D eigenvalue weighted by Crippen LogP contribution is 2.24. The van der Waals surface area contributed by atoms with Crippen molar-refractivity contribution in [2.75, 3.05) is 6.54 Å². The van der Waals surface area contributed by atoms with Crippen LogP contribution < -0.4 is 10.6 Å². The van der Waals surface area contributed by atoms with Gasteiger partial charge < -0.3 is 10.6 Å². The Morgan fingerprint density at radius 1 is 0.966 bits per heavy atom. The maximum atomic E-state index is 13.6. The third kappa shape index (κ3) is 6.21. The summed E-state index contributed by atoms with van der Waals surface area (Å²) >= 11 is 0. The van der Waals surface area contributed by atoms with Gasteiger partial charge in [-0.15, -0.1) is 0 Å². The van der Waals surface area contributed by atoms with E-state index >= 15 is 0 Å². The minimum Gasteiger partial charge on any atom is -0.344 e. The Balaban J connectivity index is 2.15. The van der Waals surface area contributed by atoms with Gasteiger partial charge in [-0.2, -0.15) is 0 Å². The van der Waals surface area contributed by atoms with Crippen molar-refractivity contribution in [1.82, 2.24) is 10.6 Å². The first-order valence-corrected chi connectivity index (χ1v) is 8.58. The van der Waals surface area contributed by atoms with Gasteiger partial charge in [0.1, 0.15) is 17.5 Å². The zero-order chi connectivity index (χ0) is 21.4. The van der Waals surface area contributed by atoms with Crippen molar-refractivity contribution in [3.63, 3.8) is 0 Å². The predicted molar refractivity (Wildman–Crippen MR) is 104 cm³/mol. The highest BCUT2D eigenvalue weighted by atomic mass is 19.1. The van der Waals surface area contributed by atoms with Crippen LogP contribution >= 0.6 is 0 Å². The molecule has 150 valence electrons. The molecule has 1 unspecified atom stereocenters. The second-order valence-corrected chi connectivity index (χ2v) is 6.00. The van der Waals surface area contributed by atoms with Gasteiger partial charge in [0.25, 0.3) is 5.91 Å². The molecule has 0 saturated heterocycles. The molecule has 0 fully saturated rings. The lowest BCUT2D eigenvalue weighted by Gasteiger charge is -2.21. The van der Waals surface area contributed by atoms with Crippen LogP contribution in [0.1, 0.15) is 22.0 Å². The first-order chi connectivity index (χ1) is 13.8. The van der Waals surface area contributed by atoms with Gasteiger partial charge in [0.2, 0.25) is 5.91 Å². The fourth-order valence-electron chi connectivity index (χ4n) is 2.60. The Hall–Kier alpha value is -3.61. The first kappa shape index (κ1) is 21.7. The highest BCUT2D eigenvalue weighted by Gasteiger charge is 2.19. The lowest BCUT2D eigenvalue weighted by atomic mass is 9.97. The van der Waals surface area contributed by atoms with Crippen molar-refractivity contribution in [2.45, 2.75) is 6.04 Å². The van der Waals surface area contributed by atoms with Crippen LogP contribution in [0.2, 0.25) is 0 Å². The number of benzene rings is 2. The van der Waals surface area contributed by atoms with Gasteiger partial charge in [0.15, 0.2) is 0 Å². The molecule has 0 radical (unpaired) electrons. The molecular formula is C22H19F3N2O2. The normalized spacial score (nSPS) is 12.0. The fourth-order valence-corrected chi connectivity index (χ4v) is 2.60. The highest BCUT2D eigenvalue weighted by molar-refractivity contribution is 5.96. The Bertz CT molecular complexity index is 933. The molecule has 29 heavy (non-hydrogen) atoms. The van der Waals surface area contributed by atoms with Gasteiger partial charge in [-0.25, -0.2) is 13.2 Å². The third-order valence-corrected chi connectivity index (χ3v) is 3.92. The molecule has 0 saturated carbocycles. The maximum absolute atomic E-state index is 13.6. The van der Waals surface area contributed by atoms with Crippen LogP contribution in [-0.4, -0.2) is 18.4 Å². The molecule has 0 heterocycles. The van der Waals surface area contributed by atoms with Crippen LogP contribution in [-0.2, 0) is 4.79 Å². The van der Waals surface area contributed by atoms with Gasteiger partial charge in [-0.05, 0) is 47.5 Å². The maximum Gasteiger partial charge on any atom is 0.251 e. The quantitative estimate of drug-likeness (QED) is 0.659. The number of nitrogens with one attached hydrogen (secondary N) is 2. The minimum atomic E-state index is -0.911. The third-order valence-electron chi connectivity index (χ3n) is 3.92. The number of halogens is 3. The van der Waals surface area contributed by atoms with Crippen molar-refractivity contribution in [3.05, 3.63) is 108 Å². The van der Waals surface area contributed by atoms with E-state index in [0.29, 0.717) is 5.57 Å². The van der Waals surface area contributed by atoms with Crippen molar-refractivity contribution in [3.8, 4) is 0 Å². The molecule has 0 spiro atoms. The Kier molecular flexibility index (Phi) is 7.54. The van der Waals surface area contributed by atoms with Crippen molar-refractivity contribution < 1.29 is 22.8 Å².